The number of aliphatic carboxylic acids is 1. The molecule has 0 bridgehead atoms. The third-order valence-electron chi connectivity index (χ3n) is 0.710. The second-order valence-electron chi connectivity index (χ2n) is 1.45. The molecule has 58 valence electrons. The molecule has 0 saturated heterocycles. The van der Waals surface area contributed by atoms with Gasteiger partial charge in [0.2, 0.25) is 0 Å². The first kappa shape index (κ1) is 8.87. The van der Waals surface area contributed by atoms with Crippen LogP contribution in [0, 0.1) is 0 Å². The van der Waals surface area contributed by atoms with Crippen molar-refractivity contribution < 1.29 is 23.8 Å². The van der Waals surface area contributed by atoms with Crippen LogP contribution in [0.2, 0.25) is 0 Å². The van der Waals surface area contributed by atoms with E-state index in [1.807, 2.05) is 0 Å². The molecule has 1 atom stereocenters. The number of halogens is 1. The van der Waals surface area contributed by atoms with E-state index in [4.69, 9.17) is 5.11 Å². The molecule has 0 rings (SSSR count). The Kier molecular flexibility index (Phi) is 3.38. The average molecular weight is 150 g/mol. The molecule has 0 aliphatic rings. The lowest BCUT2D eigenvalue weighted by Crippen LogP contribution is -2.27. The monoisotopic (exact) mass is 150 g/mol. The van der Waals surface area contributed by atoms with Crippen LogP contribution in [0.15, 0.2) is 0 Å². The molecule has 10 heavy (non-hydrogen) atoms. The van der Waals surface area contributed by atoms with E-state index in [9.17, 15) is 14.0 Å². The summed E-state index contributed by atoms with van der Waals surface area (Å²) in [6, 6.07) is 0. The van der Waals surface area contributed by atoms with Crippen LogP contribution in [0.4, 0.5) is 4.39 Å². The summed E-state index contributed by atoms with van der Waals surface area (Å²) >= 11 is 0. The largest absolute Gasteiger partial charge is 0.479 e. The first-order valence-electron chi connectivity index (χ1n) is 2.63. The van der Waals surface area contributed by atoms with Crippen LogP contribution in [0.3, 0.4) is 0 Å². The molecule has 0 spiro atoms. The zero-order chi connectivity index (χ0) is 8.15. The van der Waals surface area contributed by atoms with E-state index < -0.39 is 18.1 Å². The van der Waals surface area contributed by atoms with Gasteiger partial charge in [-0.3, -0.25) is 0 Å². The van der Waals surface area contributed by atoms with Gasteiger partial charge < -0.3 is 9.84 Å². The number of hydrogen-bond donors (Lipinski definition) is 1. The van der Waals surface area contributed by atoms with Gasteiger partial charge in [-0.15, -0.1) is 0 Å². The van der Waals surface area contributed by atoms with Crippen molar-refractivity contribution in [2.24, 2.45) is 0 Å². The van der Waals surface area contributed by atoms with Crippen LogP contribution < -0.4 is 0 Å². The maximum Gasteiger partial charge on any atom is 0.352 e. The predicted octanol–water partition coefficient (Wildman–Crippen LogP) is -0.0278. The molecule has 1 unspecified atom stereocenters. The number of carboxylic acid groups (broad SMARTS) is 1. The van der Waals surface area contributed by atoms with Crippen molar-refractivity contribution in [1.29, 1.82) is 0 Å². The minimum absolute atomic E-state index is 0.0213. The van der Waals surface area contributed by atoms with Crippen molar-refractivity contribution in [2.45, 2.75) is 13.1 Å². The van der Waals surface area contributed by atoms with Gasteiger partial charge in [0.05, 0.1) is 6.61 Å². The molecule has 0 aromatic carbocycles. The Morgan fingerprint density at radius 3 is 2.50 bits per heavy atom. The van der Waals surface area contributed by atoms with Crippen LogP contribution in [-0.2, 0) is 14.3 Å². The zero-order valence-corrected chi connectivity index (χ0v) is 5.33. The smallest absolute Gasteiger partial charge is 0.352 e. The number of carbonyl (C=O) groups excluding carboxylic acids is 1. The molecule has 5 heteroatoms. The SMILES string of the molecule is CCOC(=O)C(F)C(=O)O. The second-order valence-corrected chi connectivity index (χ2v) is 1.45. The van der Waals surface area contributed by atoms with Crippen molar-refractivity contribution in [3.8, 4) is 0 Å². The van der Waals surface area contributed by atoms with Crippen molar-refractivity contribution in [3.05, 3.63) is 0 Å². The molecule has 0 aliphatic carbocycles. The van der Waals surface area contributed by atoms with Crippen LogP contribution in [0.25, 0.3) is 0 Å². The fraction of sp³-hybridized carbons (Fsp3) is 0.600. The van der Waals surface area contributed by atoms with Gasteiger partial charge in [0, 0.05) is 0 Å². The Morgan fingerprint density at radius 2 is 2.20 bits per heavy atom. The van der Waals surface area contributed by atoms with Gasteiger partial charge in [0.1, 0.15) is 0 Å². The Bertz CT molecular complexity index is 145. The lowest BCUT2D eigenvalue weighted by molar-refractivity contribution is -0.159. The minimum Gasteiger partial charge on any atom is -0.479 e. The molecular formula is C5H7FO4. The van der Waals surface area contributed by atoms with E-state index in [1.165, 1.54) is 6.92 Å². The summed E-state index contributed by atoms with van der Waals surface area (Å²) in [4.78, 5) is 19.9. The average Bonchev–Trinajstić information content (AvgIpc) is 1.87. The lowest BCUT2D eigenvalue weighted by Gasteiger charge is -2.00. The summed E-state index contributed by atoms with van der Waals surface area (Å²) in [7, 11) is 0. The summed E-state index contributed by atoms with van der Waals surface area (Å²) in [5.74, 6) is -3.17. The highest BCUT2D eigenvalue weighted by Crippen LogP contribution is 1.93. The number of alkyl halides is 1. The number of rotatable bonds is 3. The Morgan fingerprint density at radius 1 is 1.70 bits per heavy atom. The fourth-order valence-electron chi connectivity index (χ4n) is 0.316. The van der Waals surface area contributed by atoms with Crippen LogP contribution in [0.1, 0.15) is 6.92 Å². The molecule has 0 amide bonds. The van der Waals surface area contributed by atoms with E-state index in [2.05, 4.69) is 4.74 Å². The molecule has 1 N–H and O–H groups in total. The number of hydrogen-bond acceptors (Lipinski definition) is 3. The Balaban J connectivity index is 3.82. The Labute approximate surface area is 56.6 Å². The summed E-state index contributed by atoms with van der Waals surface area (Å²) in [6.45, 7) is 1.44. The number of esters is 1. The third-order valence-corrected chi connectivity index (χ3v) is 0.710. The molecule has 0 aromatic heterocycles. The third kappa shape index (κ3) is 2.43. The fourth-order valence-corrected chi connectivity index (χ4v) is 0.316. The quantitative estimate of drug-likeness (QED) is 0.453. The summed E-state index contributed by atoms with van der Waals surface area (Å²) in [5, 5.41) is 7.90. The predicted molar refractivity (Wildman–Crippen MR) is 29.2 cm³/mol. The van der Waals surface area contributed by atoms with Crippen molar-refractivity contribution >= 4 is 11.9 Å². The minimum atomic E-state index is -2.56. The number of carbonyl (C=O) groups is 2. The van der Waals surface area contributed by atoms with E-state index in [0.29, 0.717) is 0 Å². The normalized spacial score (nSPS) is 12.2. The highest BCUT2D eigenvalue weighted by Gasteiger charge is 2.26. The first-order chi connectivity index (χ1) is 4.59. The van der Waals surface area contributed by atoms with Crippen LogP contribution in [0.5, 0.6) is 0 Å². The summed E-state index contributed by atoms with van der Waals surface area (Å²) in [6.07, 6.45) is -2.56. The Hall–Kier alpha value is -1.13. The van der Waals surface area contributed by atoms with E-state index in [0.717, 1.165) is 0 Å². The molecule has 0 heterocycles. The highest BCUT2D eigenvalue weighted by atomic mass is 19.1. The lowest BCUT2D eigenvalue weighted by atomic mass is 10.4. The van der Waals surface area contributed by atoms with E-state index in [1.54, 1.807) is 0 Å². The van der Waals surface area contributed by atoms with E-state index in [-0.39, 0.29) is 6.61 Å². The van der Waals surface area contributed by atoms with Crippen LogP contribution in [-0.4, -0.2) is 29.8 Å². The molecule has 4 nitrogen and oxygen atoms in total. The molecule has 0 aromatic rings. The number of ether oxygens (including phenoxy) is 1. The van der Waals surface area contributed by atoms with Gasteiger partial charge in [-0.2, -0.15) is 0 Å². The van der Waals surface area contributed by atoms with Crippen LogP contribution >= 0.6 is 0 Å². The van der Waals surface area contributed by atoms with E-state index >= 15 is 0 Å². The first-order valence-corrected chi connectivity index (χ1v) is 2.63. The van der Waals surface area contributed by atoms with Gasteiger partial charge in [-0.05, 0) is 6.92 Å². The molecular weight excluding hydrogens is 143 g/mol. The zero-order valence-electron chi connectivity index (χ0n) is 5.33. The maximum atomic E-state index is 12.0. The van der Waals surface area contributed by atoms with Gasteiger partial charge in [-0.1, -0.05) is 0 Å². The molecule has 0 saturated carbocycles. The van der Waals surface area contributed by atoms with Crippen molar-refractivity contribution in [2.75, 3.05) is 6.61 Å². The number of carboxylic acids is 1. The van der Waals surface area contributed by atoms with Crippen molar-refractivity contribution in [1.82, 2.24) is 0 Å². The molecule has 0 radical (unpaired) electrons. The molecule has 0 fully saturated rings. The second kappa shape index (κ2) is 3.81. The molecule has 0 aliphatic heterocycles. The standard InChI is InChI=1S/C5H7FO4/c1-2-10-5(9)3(6)4(7)8/h3H,2H2,1H3,(H,7,8). The van der Waals surface area contributed by atoms with Gasteiger partial charge in [0.25, 0.3) is 6.17 Å². The topological polar surface area (TPSA) is 63.6 Å². The van der Waals surface area contributed by atoms with Crippen molar-refractivity contribution in [3.63, 3.8) is 0 Å². The highest BCUT2D eigenvalue weighted by molar-refractivity contribution is 5.96. The van der Waals surface area contributed by atoms with Gasteiger partial charge >= 0.3 is 11.9 Å². The maximum absolute atomic E-state index is 12.0. The van der Waals surface area contributed by atoms with Gasteiger partial charge in [-0.25, -0.2) is 14.0 Å². The summed E-state index contributed by atoms with van der Waals surface area (Å²) < 4.78 is 16.1. The summed E-state index contributed by atoms with van der Waals surface area (Å²) in [5.41, 5.74) is 0. The van der Waals surface area contributed by atoms with Gasteiger partial charge in [0.15, 0.2) is 0 Å².